The first-order valence-corrected chi connectivity index (χ1v) is 8.01. The highest BCUT2D eigenvalue weighted by Crippen LogP contribution is 2.33. The summed E-state index contributed by atoms with van der Waals surface area (Å²) in [5.41, 5.74) is 3.31. The topological polar surface area (TPSA) is 25.4 Å². The lowest BCUT2D eigenvalue weighted by molar-refractivity contribution is 0.340. The first kappa shape index (κ1) is 14.9. The van der Waals surface area contributed by atoms with Gasteiger partial charge in [-0.3, -0.25) is 0 Å². The number of ether oxygens (including phenoxy) is 1. The van der Waals surface area contributed by atoms with E-state index in [0.717, 1.165) is 40.8 Å². The van der Waals surface area contributed by atoms with Gasteiger partial charge in [-0.2, -0.15) is 0 Å². The van der Waals surface area contributed by atoms with Gasteiger partial charge in [0.05, 0.1) is 23.0 Å². The van der Waals surface area contributed by atoms with Crippen LogP contribution in [0.1, 0.15) is 25.8 Å². The number of thiazole rings is 1. The second kappa shape index (κ2) is 6.75. The molecule has 0 aliphatic rings. The van der Waals surface area contributed by atoms with Gasteiger partial charge in [0.25, 0.3) is 0 Å². The third-order valence-electron chi connectivity index (χ3n) is 3.28. The molecule has 4 heteroatoms. The zero-order valence-electron chi connectivity index (χ0n) is 12.6. The Morgan fingerprint density at radius 3 is 2.50 bits per heavy atom. The van der Waals surface area contributed by atoms with E-state index in [4.69, 9.17) is 4.74 Å². The first-order chi connectivity index (χ1) is 9.69. The average Bonchev–Trinajstić information content (AvgIpc) is 2.88. The molecule has 0 N–H and O–H groups in total. The number of nitrogens with zero attached hydrogens (tertiary/aromatic N) is 2. The summed E-state index contributed by atoms with van der Waals surface area (Å²) in [6.07, 6.45) is 0. The van der Waals surface area contributed by atoms with Crippen LogP contribution in [0.15, 0.2) is 23.6 Å². The molecule has 3 nitrogen and oxygen atoms in total. The zero-order valence-corrected chi connectivity index (χ0v) is 13.5. The fourth-order valence-corrected chi connectivity index (χ4v) is 2.89. The Bertz CT molecular complexity index is 561. The van der Waals surface area contributed by atoms with E-state index < -0.39 is 0 Å². The molecule has 0 unspecified atom stereocenters. The van der Waals surface area contributed by atoms with Crippen LogP contribution < -0.4 is 9.64 Å². The van der Waals surface area contributed by atoms with Crippen molar-refractivity contribution in [1.29, 1.82) is 0 Å². The summed E-state index contributed by atoms with van der Waals surface area (Å²) in [6.45, 7) is 11.0. The van der Waals surface area contributed by atoms with Crippen molar-refractivity contribution in [1.82, 2.24) is 4.98 Å². The zero-order chi connectivity index (χ0) is 14.5. The van der Waals surface area contributed by atoms with Crippen LogP contribution >= 0.6 is 11.3 Å². The average molecular weight is 290 g/mol. The molecule has 20 heavy (non-hydrogen) atoms. The highest BCUT2D eigenvalue weighted by molar-refractivity contribution is 7.09. The predicted octanol–water partition coefficient (Wildman–Crippen LogP) is 4.36. The molecule has 0 spiro atoms. The van der Waals surface area contributed by atoms with E-state index in [1.54, 1.807) is 11.3 Å². The van der Waals surface area contributed by atoms with Gasteiger partial charge >= 0.3 is 0 Å². The molecule has 0 radical (unpaired) electrons. The van der Waals surface area contributed by atoms with Crippen molar-refractivity contribution in [3.8, 4) is 17.0 Å². The second-order valence-electron chi connectivity index (χ2n) is 4.54. The highest BCUT2D eigenvalue weighted by Gasteiger charge is 2.12. The van der Waals surface area contributed by atoms with E-state index in [9.17, 15) is 0 Å². The van der Waals surface area contributed by atoms with E-state index in [1.165, 1.54) is 0 Å². The molecule has 108 valence electrons. The van der Waals surface area contributed by atoms with Gasteiger partial charge in [0.2, 0.25) is 0 Å². The standard InChI is InChI=1S/C16H22N2OS/c1-5-18(6-2)15-9-8-13(10-16(15)19-7-3)14-11-20-12(4)17-14/h8-11H,5-7H2,1-4H3. The number of aromatic nitrogens is 1. The lowest BCUT2D eigenvalue weighted by Gasteiger charge is -2.24. The van der Waals surface area contributed by atoms with Crippen LogP contribution in [0, 0.1) is 6.92 Å². The van der Waals surface area contributed by atoms with E-state index >= 15 is 0 Å². The summed E-state index contributed by atoms with van der Waals surface area (Å²) in [6, 6.07) is 6.37. The maximum absolute atomic E-state index is 5.82. The van der Waals surface area contributed by atoms with Crippen LogP contribution in [0.5, 0.6) is 5.75 Å². The van der Waals surface area contributed by atoms with Gasteiger partial charge in [-0.25, -0.2) is 4.98 Å². The number of aryl methyl sites for hydroxylation is 1. The minimum Gasteiger partial charge on any atom is -0.492 e. The SMILES string of the molecule is CCOc1cc(-c2csc(C)n2)ccc1N(CC)CC. The molecule has 1 aromatic carbocycles. The lowest BCUT2D eigenvalue weighted by Crippen LogP contribution is -2.22. The second-order valence-corrected chi connectivity index (χ2v) is 5.60. The van der Waals surface area contributed by atoms with Crippen LogP contribution in [0.2, 0.25) is 0 Å². The van der Waals surface area contributed by atoms with Gasteiger partial charge in [-0.05, 0) is 39.8 Å². The summed E-state index contributed by atoms with van der Waals surface area (Å²) >= 11 is 1.68. The molecule has 0 fully saturated rings. The van der Waals surface area contributed by atoms with Gasteiger partial charge in [0.1, 0.15) is 5.75 Å². The van der Waals surface area contributed by atoms with Gasteiger partial charge in [-0.15, -0.1) is 11.3 Å². The highest BCUT2D eigenvalue weighted by atomic mass is 32.1. The smallest absolute Gasteiger partial charge is 0.143 e. The molecule has 0 atom stereocenters. The molecule has 0 saturated heterocycles. The largest absolute Gasteiger partial charge is 0.492 e. The van der Waals surface area contributed by atoms with Crippen LogP contribution in [-0.2, 0) is 0 Å². The molecule has 0 aliphatic heterocycles. The van der Waals surface area contributed by atoms with E-state index in [2.05, 4.69) is 47.3 Å². The summed E-state index contributed by atoms with van der Waals surface area (Å²) in [4.78, 5) is 6.85. The summed E-state index contributed by atoms with van der Waals surface area (Å²) in [5, 5.41) is 3.18. The van der Waals surface area contributed by atoms with Gasteiger partial charge in [0, 0.05) is 24.0 Å². The Morgan fingerprint density at radius 1 is 1.20 bits per heavy atom. The van der Waals surface area contributed by atoms with E-state index in [0.29, 0.717) is 6.61 Å². The number of hydrogen-bond donors (Lipinski definition) is 0. The maximum Gasteiger partial charge on any atom is 0.143 e. The van der Waals surface area contributed by atoms with Crippen molar-refractivity contribution in [2.24, 2.45) is 0 Å². The third kappa shape index (κ3) is 3.12. The number of hydrogen-bond acceptors (Lipinski definition) is 4. The molecule has 1 heterocycles. The summed E-state index contributed by atoms with van der Waals surface area (Å²) in [7, 11) is 0. The van der Waals surface area contributed by atoms with Crippen molar-refractivity contribution in [2.45, 2.75) is 27.7 Å². The van der Waals surface area contributed by atoms with Gasteiger partial charge in [-0.1, -0.05) is 6.07 Å². The normalized spacial score (nSPS) is 10.6. The van der Waals surface area contributed by atoms with E-state index in [1.807, 2.05) is 13.8 Å². The van der Waals surface area contributed by atoms with Crippen molar-refractivity contribution in [3.63, 3.8) is 0 Å². The van der Waals surface area contributed by atoms with Crippen molar-refractivity contribution in [2.75, 3.05) is 24.6 Å². The number of anilines is 1. The molecule has 1 aromatic heterocycles. The maximum atomic E-state index is 5.82. The van der Waals surface area contributed by atoms with Gasteiger partial charge < -0.3 is 9.64 Å². The molecule has 0 aliphatic carbocycles. The van der Waals surface area contributed by atoms with Crippen LogP contribution in [0.4, 0.5) is 5.69 Å². The Morgan fingerprint density at radius 2 is 1.95 bits per heavy atom. The van der Waals surface area contributed by atoms with Gasteiger partial charge in [0.15, 0.2) is 0 Å². The Labute approximate surface area is 125 Å². The Kier molecular flexibility index (Phi) is 5.01. The molecule has 0 bridgehead atoms. The third-order valence-corrected chi connectivity index (χ3v) is 4.05. The van der Waals surface area contributed by atoms with E-state index in [-0.39, 0.29) is 0 Å². The number of rotatable bonds is 6. The molecule has 0 amide bonds. The molecular formula is C16H22N2OS. The summed E-state index contributed by atoms with van der Waals surface area (Å²) in [5.74, 6) is 0.944. The van der Waals surface area contributed by atoms with Crippen molar-refractivity contribution in [3.05, 3.63) is 28.6 Å². The Balaban J connectivity index is 2.41. The fourth-order valence-electron chi connectivity index (χ4n) is 2.27. The van der Waals surface area contributed by atoms with Crippen molar-refractivity contribution < 1.29 is 4.74 Å². The monoisotopic (exact) mass is 290 g/mol. The predicted molar refractivity (Wildman–Crippen MR) is 87.0 cm³/mol. The quantitative estimate of drug-likeness (QED) is 0.790. The number of benzene rings is 1. The molecule has 2 aromatic rings. The lowest BCUT2D eigenvalue weighted by atomic mass is 10.1. The molecule has 2 rings (SSSR count). The molecular weight excluding hydrogens is 268 g/mol. The van der Waals surface area contributed by atoms with Crippen LogP contribution in [0.3, 0.4) is 0 Å². The van der Waals surface area contributed by atoms with Crippen LogP contribution in [0.25, 0.3) is 11.3 Å². The van der Waals surface area contributed by atoms with Crippen molar-refractivity contribution >= 4 is 17.0 Å². The minimum atomic E-state index is 0.674. The summed E-state index contributed by atoms with van der Waals surface area (Å²) < 4.78 is 5.82. The fraction of sp³-hybridized carbons (Fsp3) is 0.438. The van der Waals surface area contributed by atoms with Crippen LogP contribution in [-0.4, -0.2) is 24.7 Å². The molecule has 0 saturated carbocycles. The minimum absolute atomic E-state index is 0.674. The first-order valence-electron chi connectivity index (χ1n) is 7.13. The Hall–Kier alpha value is -1.55.